The molecule has 0 unspecified atom stereocenters. The number of rotatable bonds is 8. The summed E-state index contributed by atoms with van der Waals surface area (Å²) >= 11 is 0. The van der Waals surface area contributed by atoms with Crippen LogP contribution < -0.4 is 16.0 Å². The molecule has 0 aliphatic heterocycles. The summed E-state index contributed by atoms with van der Waals surface area (Å²) in [6.07, 6.45) is 2.74. The van der Waals surface area contributed by atoms with Crippen LogP contribution >= 0.6 is 0 Å². The van der Waals surface area contributed by atoms with Crippen LogP contribution in [0.25, 0.3) is 5.65 Å². The van der Waals surface area contributed by atoms with E-state index in [2.05, 4.69) is 31.0 Å². The van der Waals surface area contributed by atoms with Gasteiger partial charge < -0.3 is 16.0 Å². The van der Waals surface area contributed by atoms with Crippen LogP contribution in [0.5, 0.6) is 0 Å². The summed E-state index contributed by atoms with van der Waals surface area (Å²) in [5.41, 5.74) is 3.64. The molecule has 0 aliphatic carbocycles. The van der Waals surface area contributed by atoms with E-state index in [9.17, 15) is 13.2 Å². The van der Waals surface area contributed by atoms with Gasteiger partial charge in [0.1, 0.15) is 0 Å². The second-order valence-electron chi connectivity index (χ2n) is 8.40. The van der Waals surface area contributed by atoms with Crippen LogP contribution in [0.2, 0.25) is 0 Å². The largest absolute Gasteiger partial charge is 0.350 e. The minimum absolute atomic E-state index is 0.0991. The first-order chi connectivity index (χ1) is 16.7. The van der Waals surface area contributed by atoms with Crippen molar-refractivity contribution >= 4 is 33.2 Å². The van der Waals surface area contributed by atoms with E-state index >= 15 is 0 Å². The normalized spacial score (nSPS) is 11.5. The van der Waals surface area contributed by atoms with Crippen molar-refractivity contribution in [3.8, 4) is 0 Å². The number of anilines is 2. The number of fused-ring (bicyclic) bond motifs is 1. The molecule has 4 aromatic rings. The number of nitrogens with one attached hydrogen (secondary N) is 3. The van der Waals surface area contributed by atoms with Crippen LogP contribution in [0.1, 0.15) is 36.5 Å². The van der Waals surface area contributed by atoms with Crippen molar-refractivity contribution in [3.63, 3.8) is 0 Å². The first-order valence-corrected chi connectivity index (χ1v) is 13.0. The molecule has 11 heteroatoms. The third kappa shape index (κ3) is 5.75. The molecule has 0 aliphatic rings. The van der Waals surface area contributed by atoms with Gasteiger partial charge in [0.15, 0.2) is 5.65 Å². The maximum Gasteiger partial charge on any atom is 0.319 e. The molecule has 182 valence electrons. The highest BCUT2D eigenvalue weighted by molar-refractivity contribution is 7.90. The molecule has 0 spiro atoms. The number of hydrogen-bond acceptors (Lipinski definition) is 7. The fraction of sp³-hybridized carbons (Fsp3) is 0.250. The van der Waals surface area contributed by atoms with Gasteiger partial charge in [-0.1, -0.05) is 62.4 Å². The Morgan fingerprint density at radius 3 is 2.43 bits per heavy atom. The van der Waals surface area contributed by atoms with E-state index in [1.165, 1.54) is 4.52 Å². The zero-order valence-electron chi connectivity index (χ0n) is 19.7. The number of aromatic nitrogens is 4. The smallest absolute Gasteiger partial charge is 0.319 e. The SMILES string of the molecule is CC(C)c1cnn2c(NCc3ccccc3NC(=O)NCc3ccccc3)nc(S(C)(=O)=O)nc12. The number of carbonyl (C=O) groups is 1. The Morgan fingerprint density at radius 1 is 1.00 bits per heavy atom. The van der Waals surface area contributed by atoms with Gasteiger partial charge in [-0.25, -0.2) is 13.2 Å². The molecule has 0 atom stereocenters. The number of carbonyl (C=O) groups excluding carboxylic acids is 1. The highest BCUT2D eigenvalue weighted by Gasteiger charge is 2.20. The zero-order valence-corrected chi connectivity index (χ0v) is 20.5. The molecule has 10 nitrogen and oxygen atoms in total. The molecular weight excluding hydrogens is 466 g/mol. The van der Waals surface area contributed by atoms with Crippen molar-refractivity contribution in [2.24, 2.45) is 0 Å². The lowest BCUT2D eigenvalue weighted by molar-refractivity contribution is 0.251. The third-order valence-electron chi connectivity index (χ3n) is 5.33. The van der Waals surface area contributed by atoms with Crippen LogP contribution in [0.4, 0.5) is 16.4 Å². The van der Waals surface area contributed by atoms with Gasteiger partial charge in [0.05, 0.1) is 6.20 Å². The lowest BCUT2D eigenvalue weighted by Gasteiger charge is -2.14. The fourth-order valence-electron chi connectivity index (χ4n) is 3.48. The van der Waals surface area contributed by atoms with Gasteiger partial charge in [-0.2, -0.15) is 19.6 Å². The summed E-state index contributed by atoms with van der Waals surface area (Å²) in [5.74, 6) is 0.340. The number of amides is 2. The summed E-state index contributed by atoms with van der Waals surface area (Å²) in [7, 11) is -3.64. The van der Waals surface area contributed by atoms with E-state index in [0.29, 0.717) is 17.9 Å². The number of nitrogens with zero attached hydrogens (tertiary/aromatic N) is 4. The van der Waals surface area contributed by atoms with Crippen molar-refractivity contribution in [3.05, 3.63) is 77.5 Å². The first-order valence-electron chi connectivity index (χ1n) is 11.1. The fourth-order valence-corrected chi connectivity index (χ4v) is 3.98. The molecule has 3 N–H and O–H groups in total. The number of para-hydroxylation sites is 1. The lowest BCUT2D eigenvalue weighted by Crippen LogP contribution is -2.28. The highest BCUT2D eigenvalue weighted by atomic mass is 32.2. The summed E-state index contributed by atoms with van der Waals surface area (Å²) < 4.78 is 25.9. The Kier molecular flexibility index (Phi) is 6.97. The maximum absolute atomic E-state index is 12.5. The summed E-state index contributed by atoms with van der Waals surface area (Å²) in [4.78, 5) is 20.9. The standard InChI is InChI=1S/C24H27N7O3S/c1-16(2)19-15-27-31-21(19)29-24(35(3,33)34)30-22(31)25-14-18-11-7-8-12-20(18)28-23(32)26-13-17-9-5-4-6-10-17/h4-12,15-16H,13-14H2,1-3H3,(H,25,29,30)(H2,26,28,32). The molecule has 2 heterocycles. The van der Waals surface area contributed by atoms with Gasteiger partial charge in [0.25, 0.3) is 5.16 Å². The van der Waals surface area contributed by atoms with E-state index in [-0.39, 0.29) is 29.6 Å². The summed E-state index contributed by atoms with van der Waals surface area (Å²) in [5, 5.41) is 12.9. The molecule has 0 fully saturated rings. The molecule has 0 saturated heterocycles. The summed E-state index contributed by atoms with van der Waals surface area (Å²) in [6.45, 7) is 4.63. The second-order valence-corrected chi connectivity index (χ2v) is 10.3. The minimum Gasteiger partial charge on any atom is -0.350 e. The molecular formula is C24H27N7O3S. The minimum atomic E-state index is -3.64. The monoisotopic (exact) mass is 493 g/mol. The van der Waals surface area contributed by atoms with Crippen LogP contribution in [-0.4, -0.2) is 40.3 Å². The topological polar surface area (TPSA) is 130 Å². The molecule has 2 aromatic heterocycles. The first kappa shape index (κ1) is 24.1. The quantitative estimate of drug-likeness (QED) is 0.342. The predicted octanol–water partition coefficient (Wildman–Crippen LogP) is 3.59. The second kappa shape index (κ2) is 10.1. The lowest BCUT2D eigenvalue weighted by atomic mass is 10.1. The average molecular weight is 494 g/mol. The van der Waals surface area contributed by atoms with E-state index in [0.717, 1.165) is 22.9 Å². The zero-order chi connectivity index (χ0) is 25.0. The van der Waals surface area contributed by atoms with Crippen molar-refractivity contribution in [2.45, 2.75) is 38.0 Å². The van der Waals surface area contributed by atoms with Gasteiger partial charge in [-0.05, 0) is 23.1 Å². The van der Waals surface area contributed by atoms with Gasteiger partial charge in [-0.3, -0.25) is 0 Å². The Bertz CT molecular complexity index is 1450. The van der Waals surface area contributed by atoms with Crippen LogP contribution in [-0.2, 0) is 22.9 Å². The summed E-state index contributed by atoms with van der Waals surface area (Å²) in [6, 6.07) is 16.6. The highest BCUT2D eigenvalue weighted by Crippen LogP contribution is 2.23. The van der Waals surface area contributed by atoms with Gasteiger partial charge >= 0.3 is 6.03 Å². The van der Waals surface area contributed by atoms with Crippen molar-refractivity contribution in [1.29, 1.82) is 0 Å². The van der Waals surface area contributed by atoms with Crippen LogP contribution in [0, 0.1) is 0 Å². The Labute approximate surface area is 203 Å². The van der Waals surface area contributed by atoms with Gasteiger partial charge in [-0.15, -0.1) is 0 Å². The van der Waals surface area contributed by atoms with Crippen molar-refractivity contribution in [1.82, 2.24) is 24.9 Å². The van der Waals surface area contributed by atoms with Crippen LogP contribution in [0.15, 0.2) is 66.0 Å². The molecule has 2 aromatic carbocycles. The van der Waals surface area contributed by atoms with E-state index < -0.39 is 9.84 Å². The molecule has 0 saturated carbocycles. The number of hydrogen-bond donors (Lipinski definition) is 3. The molecule has 0 bridgehead atoms. The predicted molar refractivity (Wildman–Crippen MR) is 134 cm³/mol. The third-order valence-corrected chi connectivity index (χ3v) is 6.17. The Hall–Kier alpha value is -3.99. The molecule has 0 radical (unpaired) electrons. The Balaban J connectivity index is 1.54. The van der Waals surface area contributed by atoms with E-state index in [1.54, 1.807) is 12.3 Å². The van der Waals surface area contributed by atoms with Gasteiger partial charge in [0.2, 0.25) is 15.8 Å². The maximum atomic E-state index is 12.5. The van der Waals surface area contributed by atoms with Crippen molar-refractivity contribution < 1.29 is 13.2 Å². The van der Waals surface area contributed by atoms with E-state index in [4.69, 9.17) is 0 Å². The van der Waals surface area contributed by atoms with Crippen molar-refractivity contribution in [2.75, 3.05) is 16.9 Å². The number of sulfone groups is 1. The molecule has 2 amide bonds. The molecule has 4 rings (SSSR count). The number of benzene rings is 2. The van der Waals surface area contributed by atoms with Crippen LogP contribution in [0.3, 0.4) is 0 Å². The average Bonchev–Trinajstić information content (AvgIpc) is 3.27. The van der Waals surface area contributed by atoms with Gasteiger partial charge in [0, 0.05) is 30.6 Å². The number of urea groups is 1. The van der Waals surface area contributed by atoms with E-state index in [1.807, 2.05) is 62.4 Å². The Morgan fingerprint density at radius 2 is 1.71 bits per heavy atom. The molecule has 35 heavy (non-hydrogen) atoms.